The highest BCUT2D eigenvalue weighted by atomic mass is 32.2. The third-order valence-electron chi connectivity index (χ3n) is 2.14. The molecule has 0 bridgehead atoms. The Morgan fingerprint density at radius 1 is 1.00 bits per heavy atom. The van der Waals surface area contributed by atoms with E-state index in [1.54, 1.807) is 0 Å². The van der Waals surface area contributed by atoms with Gasteiger partial charge >= 0.3 is 0 Å². The van der Waals surface area contributed by atoms with Gasteiger partial charge in [0.05, 0.1) is 0 Å². The van der Waals surface area contributed by atoms with E-state index < -0.39 is 11.2 Å². The lowest BCUT2D eigenvalue weighted by Crippen LogP contribution is -2.06. The van der Waals surface area contributed by atoms with Gasteiger partial charge in [0, 0.05) is 24.0 Å². The maximum absolute atomic E-state index is 11.8. The quantitative estimate of drug-likeness (QED) is 0.557. The maximum Gasteiger partial charge on any atom is 0.127 e. The van der Waals surface area contributed by atoms with Crippen molar-refractivity contribution in [1.29, 1.82) is 0 Å². The van der Waals surface area contributed by atoms with Crippen molar-refractivity contribution in [2.45, 2.75) is 52.4 Å². The minimum absolute atomic E-state index is 0.841. The molecule has 1 nitrogen and oxygen atoms in total. The summed E-state index contributed by atoms with van der Waals surface area (Å²) in [7, 11) is 0. The Morgan fingerprint density at radius 3 is 1.64 bits per heavy atom. The standard InChI is InChI=1S/C12H22OS/c1-5-7-9-11(3)14(13)12(4)10-8-6-2/h3-10H2,1-2H3. The van der Waals surface area contributed by atoms with Gasteiger partial charge < -0.3 is 4.55 Å². The summed E-state index contributed by atoms with van der Waals surface area (Å²) in [6.07, 6.45) is 6.13. The summed E-state index contributed by atoms with van der Waals surface area (Å²) in [6, 6.07) is 0. The first-order valence-corrected chi connectivity index (χ1v) is 6.55. The van der Waals surface area contributed by atoms with Crippen LogP contribution in [-0.2, 0) is 11.2 Å². The van der Waals surface area contributed by atoms with Gasteiger partial charge in [-0.15, -0.1) is 0 Å². The van der Waals surface area contributed by atoms with E-state index in [-0.39, 0.29) is 0 Å². The van der Waals surface area contributed by atoms with Crippen LogP contribution in [0.3, 0.4) is 0 Å². The molecule has 0 radical (unpaired) electrons. The molecule has 0 aromatic heterocycles. The molecule has 0 aliphatic heterocycles. The second kappa shape index (κ2) is 8.13. The van der Waals surface area contributed by atoms with Crippen molar-refractivity contribution in [2.75, 3.05) is 0 Å². The van der Waals surface area contributed by atoms with E-state index in [0.29, 0.717) is 0 Å². The van der Waals surface area contributed by atoms with Crippen LogP contribution < -0.4 is 0 Å². The van der Waals surface area contributed by atoms with E-state index >= 15 is 0 Å². The highest BCUT2D eigenvalue weighted by Crippen LogP contribution is 2.22. The Labute approximate surface area is 91.5 Å². The monoisotopic (exact) mass is 214 g/mol. The van der Waals surface area contributed by atoms with Crippen LogP contribution >= 0.6 is 0 Å². The van der Waals surface area contributed by atoms with Crippen molar-refractivity contribution in [2.24, 2.45) is 0 Å². The molecule has 0 fully saturated rings. The fourth-order valence-electron chi connectivity index (χ4n) is 1.14. The van der Waals surface area contributed by atoms with Gasteiger partial charge in [-0.3, -0.25) is 0 Å². The molecule has 0 aromatic carbocycles. The Hall–Kier alpha value is -0.210. The Balaban J connectivity index is 3.85. The van der Waals surface area contributed by atoms with Crippen LogP contribution in [0, 0.1) is 0 Å². The van der Waals surface area contributed by atoms with Crippen molar-refractivity contribution in [3.05, 3.63) is 23.0 Å². The average molecular weight is 214 g/mol. The number of hydrogen-bond donors (Lipinski definition) is 0. The van der Waals surface area contributed by atoms with Gasteiger partial charge in [0.25, 0.3) is 0 Å². The molecule has 0 heterocycles. The molecule has 0 aliphatic carbocycles. The molecule has 0 spiro atoms. The van der Waals surface area contributed by atoms with Crippen molar-refractivity contribution in [1.82, 2.24) is 0 Å². The fraction of sp³-hybridized carbons (Fsp3) is 0.667. The summed E-state index contributed by atoms with van der Waals surface area (Å²) in [5.41, 5.74) is 0. The first-order valence-electron chi connectivity index (χ1n) is 5.40. The average Bonchev–Trinajstić information content (AvgIpc) is 2.21. The molecule has 0 unspecified atom stereocenters. The van der Waals surface area contributed by atoms with Gasteiger partial charge in [0.15, 0.2) is 0 Å². The van der Waals surface area contributed by atoms with Gasteiger partial charge in [-0.1, -0.05) is 26.7 Å². The third kappa shape index (κ3) is 5.51. The summed E-state index contributed by atoms with van der Waals surface area (Å²) in [5, 5.41) is 0. The largest absolute Gasteiger partial charge is 0.607 e. The lowest BCUT2D eigenvalue weighted by atomic mass is 10.2. The minimum atomic E-state index is -1.00. The Morgan fingerprint density at radius 2 is 1.36 bits per heavy atom. The van der Waals surface area contributed by atoms with Crippen LogP contribution in [0.2, 0.25) is 0 Å². The molecule has 0 rings (SSSR count). The summed E-state index contributed by atoms with van der Waals surface area (Å²) in [5.74, 6) is 0. The molecule has 0 N–H and O–H groups in total. The molecule has 0 aromatic rings. The van der Waals surface area contributed by atoms with Gasteiger partial charge in [0.1, 0.15) is 9.81 Å². The second-order valence-electron chi connectivity index (χ2n) is 3.55. The normalized spacial score (nSPS) is 10.6. The third-order valence-corrected chi connectivity index (χ3v) is 3.60. The molecule has 0 saturated heterocycles. The minimum Gasteiger partial charge on any atom is -0.607 e. The SMILES string of the molecule is C=C(CCCC)[S+]([O-])C(=C)CCCC. The fourth-order valence-corrected chi connectivity index (χ4v) is 2.21. The van der Waals surface area contributed by atoms with E-state index in [2.05, 4.69) is 27.0 Å². The van der Waals surface area contributed by atoms with E-state index in [1.807, 2.05) is 0 Å². The zero-order valence-electron chi connectivity index (χ0n) is 9.47. The molecule has 14 heavy (non-hydrogen) atoms. The van der Waals surface area contributed by atoms with Gasteiger partial charge in [-0.05, 0) is 26.0 Å². The van der Waals surface area contributed by atoms with Crippen molar-refractivity contribution in [3.63, 3.8) is 0 Å². The molecule has 2 heteroatoms. The molecule has 0 amide bonds. The van der Waals surface area contributed by atoms with E-state index in [1.165, 1.54) is 0 Å². The van der Waals surface area contributed by atoms with E-state index in [4.69, 9.17) is 0 Å². The first-order chi connectivity index (χ1) is 6.63. The molecule has 82 valence electrons. The maximum atomic E-state index is 11.8. The summed E-state index contributed by atoms with van der Waals surface area (Å²) in [4.78, 5) is 1.68. The van der Waals surface area contributed by atoms with Gasteiger partial charge in [-0.2, -0.15) is 0 Å². The second-order valence-corrected chi connectivity index (χ2v) is 5.25. The number of unbranched alkanes of at least 4 members (excludes halogenated alkanes) is 2. The van der Waals surface area contributed by atoms with Crippen LogP contribution in [0.5, 0.6) is 0 Å². The Kier molecular flexibility index (Phi) is 8.01. The van der Waals surface area contributed by atoms with Crippen LogP contribution in [-0.4, -0.2) is 4.55 Å². The van der Waals surface area contributed by atoms with Crippen LogP contribution in [0.25, 0.3) is 0 Å². The molecule has 0 aliphatic rings. The van der Waals surface area contributed by atoms with Gasteiger partial charge in [-0.25, -0.2) is 0 Å². The summed E-state index contributed by atoms with van der Waals surface area (Å²) >= 11 is -1.00. The molecule has 0 atom stereocenters. The van der Waals surface area contributed by atoms with Crippen molar-refractivity contribution in [3.8, 4) is 0 Å². The highest BCUT2D eigenvalue weighted by molar-refractivity contribution is 7.98. The topological polar surface area (TPSA) is 23.1 Å². The highest BCUT2D eigenvalue weighted by Gasteiger charge is 2.15. The Bertz CT molecular complexity index is 167. The number of rotatable bonds is 8. The number of hydrogen-bond acceptors (Lipinski definition) is 1. The van der Waals surface area contributed by atoms with Gasteiger partial charge in [0.2, 0.25) is 0 Å². The predicted octanol–water partition coefficient (Wildman–Crippen LogP) is 4.14. The number of allylic oxidation sites excluding steroid dienone is 2. The molecular formula is C12H22OS. The smallest absolute Gasteiger partial charge is 0.127 e. The van der Waals surface area contributed by atoms with E-state index in [9.17, 15) is 4.55 Å². The van der Waals surface area contributed by atoms with E-state index in [0.717, 1.165) is 48.3 Å². The molecule has 0 saturated carbocycles. The van der Waals surface area contributed by atoms with Crippen molar-refractivity contribution < 1.29 is 4.55 Å². The zero-order valence-corrected chi connectivity index (χ0v) is 10.3. The van der Waals surface area contributed by atoms with Crippen molar-refractivity contribution >= 4 is 11.2 Å². The van der Waals surface area contributed by atoms with Crippen LogP contribution in [0.4, 0.5) is 0 Å². The van der Waals surface area contributed by atoms with Crippen LogP contribution in [0.15, 0.2) is 23.0 Å². The summed E-state index contributed by atoms with van der Waals surface area (Å²) in [6.45, 7) is 12.0. The van der Waals surface area contributed by atoms with Crippen LogP contribution in [0.1, 0.15) is 52.4 Å². The zero-order chi connectivity index (χ0) is 11.0. The molecular weight excluding hydrogens is 192 g/mol. The predicted molar refractivity (Wildman–Crippen MR) is 65.5 cm³/mol. The lowest BCUT2D eigenvalue weighted by molar-refractivity contribution is 0.601. The summed E-state index contributed by atoms with van der Waals surface area (Å²) < 4.78 is 11.8. The lowest BCUT2D eigenvalue weighted by Gasteiger charge is -2.13. The first kappa shape index (κ1) is 13.8.